The van der Waals surface area contributed by atoms with Crippen LogP contribution in [0, 0.1) is 0 Å². The Balaban J connectivity index is 2.16. The lowest BCUT2D eigenvalue weighted by Gasteiger charge is -2.27. The van der Waals surface area contributed by atoms with E-state index in [2.05, 4.69) is 35.3 Å². The van der Waals surface area contributed by atoms with Crippen molar-refractivity contribution >= 4 is 0 Å². The van der Waals surface area contributed by atoms with E-state index in [1.807, 2.05) is 14.0 Å². The summed E-state index contributed by atoms with van der Waals surface area (Å²) in [6.07, 6.45) is 0. The zero-order chi connectivity index (χ0) is 14.4. The first-order chi connectivity index (χ1) is 9.74. The van der Waals surface area contributed by atoms with Crippen LogP contribution in [0.15, 0.2) is 18.2 Å². The van der Waals surface area contributed by atoms with E-state index in [-0.39, 0.29) is 0 Å². The highest BCUT2D eigenvalue weighted by molar-refractivity contribution is 5.38. The van der Waals surface area contributed by atoms with Crippen LogP contribution in [0.2, 0.25) is 0 Å². The second kappa shape index (κ2) is 7.62. The molecule has 1 fully saturated rings. The molecule has 1 unspecified atom stereocenters. The number of hydrogen-bond acceptors (Lipinski definition) is 4. The Morgan fingerprint density at radius 3 is 2.75 bits per heavy atom. The molecule has 1 saturated heterocycles. The molecular weight excluding hydrogens is 252 g/mol. The van der Waals surface area contributed by atoms with Crippen molar-refractivity contribution in [3.05, 3.63) is 29.3 Å². The summed E-state index contributed by atoms with van der Waals surface area (Å²) in [7, 11) is 1.99. The quantitative estimate of drug-likeness (QED) is 0.865. The number of morpholine rings is 1. The molecule has 0 amide bonds. The Kier molecular flexibility index (Phi) is 5.83. The molecule has 4 nitrogen and oxygen atoms in total. The van der Waals surface area contributed by atoms with Crippen LogP contribution in [0.4, 0.5) is 0 Å². The SMILES string of the molecule is CCOc1ccc(C(C)NC)cc1CN1CCOCC1. The number of nitrogens with one attached hydrogen (secondary N) is 1. The normalized spacial score (nSPS) is 17.9. The lowest BCUT2D eigenvalue weighted by Crippen LogP contribution is -2.35. The summed E-state index contributed by atoms with van der Waals surface area (Å²) in [6.45, 7) is 9.50. The zero-order valence-corrected chi connectivity index (χ0v) is 12.8. The van der Waals surface area contributed by atoms with Crippen LogP contribution < -0.4 is 10.1 Å². The second-order valence-corrected chi connectivity index (χ2v) is 5.20. The minimum absolute atomic E-state index is 0.356. The van der Waals surface area contributed by atoms with Gasteiger partial charge in [0.25, 0.3) is 0 Å². The van der Waals surface area contributed by atoms with Gasteiger partial charge in [0.05, 0.1) is 19.8 Å². The standard InChI is InChI=1S/C16H26N2O2/c1-4-20-16-6-5-14(13(2)17-3)11-15(16)12-18-7-9-19-10-8-18/h5-6,11,13,17H,4,7-10,12H2,1-3H3. The Bertz CT molecular complexity index is 417. The molecule has 0 saturated carbocycles. The molecule has 1 aliphatic heterocycles. The fourth-order valence-electron chi connectivity index (χ4n) is 2.46. The van der Waals surface area contributed by atoms with E-state index >= 15 is 0 Å². The van der Waals surface area contributed by atoms with Crippen LogP contribution >= 0.6 is 0 Å². The van der Waals surface area contributed by atoms with Gasteiger partial charge >= 0.3 is 0 Å². The number of nitrogens with zero attached hydrogens (tertiary/aromatic N) is 1. The first kappa shape index (κ1) is 15.3. The monoisotopic (exact) mass is 278 g/mol. The topological polar surface area (TPSA) is 33.7 Å². The Morgan fingerprint density at radius 1 is 1.35 bits per heavy atom. The highest BCUT2D eigenvalue weighted by Gasteiger charge is 2.15. The molecular formula is C16H26N2O2. The third-order valence-electron chi connectivity index (χ3n) is 3.82. The molecule has 1 heterocycles. The maximum atomic E-state index is 5.77. The van der Waals surface area contributed by atoms with Crippen LogP contribution in [0.1, 0.15) is 31.0 Å². The fraction of sp³-hybridized carbons (Fsp3) is 0.625. The predicted octanol–water partition coefficient (Wildman–Crippen LogP) is 2.20. The molecule has 0 radical (unpaired) electrons. The van der Waals surface area contributed by atoms with Gasteiger partial charge in [0.2, 0.25) is 0 Å². The summed E-state index contributed by atoms with van der Waals surface area (Å²) in [4.78, 5) is 2.43. The van der Waals surface area contributed by atoms with Crippen LogP contribution in [-0.4, -0.2) is 44.9 Å². The average molecular weight is 278 g/mol. The van der Waals surface area contributed by atoms with Crippen molar-refractivity contribution in [1.29, 1.82) is 0 Å². The molecule has 0 aromatic heterocycles. The van der Waals surface area contributed by atoms with Gasteiger partial charge in [-0.05, 0) is 38.6 Å². The van der Waals surface area contributed by atoms with Crippen LogP contribution in [0.3, 0.4) is 0 Å². The molecule has 20 heavy (non-hydrogen) atoms. The molecule has 0 spiro atoms. The Labute approximate surface area is 122 Å². The smallest absolute Gasteiger partial charge is 0.123 e. The minimum Gasteiger partial charge on any atom is -0.494 e. The van der Waals surface area contributed by atoms with Crippen LogP contribution in [-0.2, 0) is 11.3 Å². The van der Waals surface area contributed by atoms with Crippen molar-refractivity contribution in [1.82, 2.24) is 10.2 Å². The average Bonchev–Trinajstić information content (AvgIpc) is 2.49. The van der Waals surface area contributed by atoms with Crippen LogP contribution in [0.25, 0.3) is 0 Å². The largest absolute Gasteiger partial charge is 0.494 e. The predicted molar refractivity (Wildman–Crippen MR) is 81.2 cm³/mol. The van der Waals surface area contributed by atoms with E-state index in [0.29, 0.717) is 12.6 Å². The van der Waals surface area contributed by atoms with E-state index in [4.69, 9.17) is 9.47 Å². The molecule has 1 aliphatic rings. The van der Waals surface area contributed by atoms with Crippen molar-refractivity contribution in [2.75, 3.05) is 40.0 Å². The van der Waals surface area contributed by atoms with E-state index in [9.17, 15) is 0 Å². The molecule has 2 rings (SSSR count). The van der Waals surface area contributed by atoms with E-state index in [1.54, 1.807) is 0 Å². The summed E-state index contributed by atoms with van der Waals surface area (Å²) in [5, 5.41) is 3.29. The number of ether oxygens (including phenoxy) is 2. The third kappa shape index (κ3) is 3.95. The van der Waals surface area contributed by atoms with Gasteiger partial charge in [-0.2, -0.15) is 0 Å². The highest BCUT2D eigenvalue weighted by Crippen LogP contribution is 2.25. The summed E-state index contributed by atoms with van der Waals surface area (Å²) in [6, 6.07) is 6.87. The van der Waals surface area contributed by atoms with E-state index in [0.717, 1.165) is 38.6 Å². The Morgan fingerprint density at radius 2 is 2.10 bits per heavy atom. The molecule has 0 aliphatic carbocycles. The molecule has 1 atom stereocenters. The van der Waals surface area contributed by atoms with Crippen molar-refractivity contribution in [3.8, 4) is 5.75 Å². The molecule has 1 aromatic carbocycles. The maximum Gasteiger partial charge on any atom is 0.123 e. The molecule has 1 N–H and O–H groups in total. The molecule has 1 aromatic rings. The van der Waals surface area contributed by atoms with Crippen molar-refractivity contribution in [3.63, 3.8) is 0 Å². The van der Waals surface area contributed by atoms with Gasteiger partial charge in [-0.25, -0.2) is 0 Å². The summed E-state index contributed by atoms with van der Waals surface area (Å²) in [5.41, 5.74) is 2.58. The number of hydrogen-bond donors (Lipinski definition) is 1. The lowest BCUT2D eigenvalue weighted by atomic mass is 10.0. The van der Waals surface area contributed by atoms with Gasteiger partial charge in [0.15, 0.2) is 0 Å². The lowest BCUT2D eigenvalue weighted by molar-refractivity contribution is 0.0338. The zero-order valence-electron chi connectivity index (χ0n) is 12.8. The maximum absolute atomic E-state index is 5.77. The van der Waals surface area contributed by atoms with Gasteiger partial charge in [-0.1, -0.05) is 6.07 Å². The van der Waals surface area contributed by atoms with Crippen molar-refractivity contribution in [2.24, 2.45) is 0 Å². The van der Waals surface area contributed by atoms with Gasteiger partial charge in [0.1, 0.15) is 5.75 Å². The first-order valence-electron chi connectivity index (χ1n) is 7.47. The van der Waals surface area contributed by atoms with E-state index < -0.39 is 0 Å². The third-order valence-corrected chi connectivity index (χ3v) is 3.82. The van der Waals surface area contributed by atoms with Crippen molar-refractivity contribution < 1.29 is 9.47 Å². The van der Waals surface area contributed by atoms with Gasteiger partial charge in [-0.3, -0.25) is 4.90 Å². The number of rotatable bonds is 6. The van der Waals surface area contributed by atoms with Gasteiger partial charge in [-0.15, -0.1) is 0 Å². The van der Waals surface area contributed by atoms with Crippen molar-refractivity contribution in [2.45, 2.75) is 26.4 Å². The van der Waals surface area contributed by atoms with Crippen LogP contribution in [0.5, 0.6) is 5.75 Å². The highest BCUT2D eigenvalue weighted by atomic mass is 16.5. The second-order valence-electron chi connectivity index (χ2n) is 5.20. The molecule has 0 bridgehead atoms. The Hall–Kier alpha value is -1.10. The number of benzene rings is 1. The van der Waals surface area contributed by atoms with E-state index in [1.165, 1.54) is 11.1 Å². The summed E-state index contributed by atoms with van der Waals surface area (Å²) >= 11 is 0. The molecule has 4 heteroatoms. The first-order valence-corrected chi connectivity index (χ1v) is 7.47. The molecule has 112 valence electrons. The minimum atomic E-state index is 0.356. The van der Waals surface area contributed by atoms with Gasteiger partial charge < -0.3 is 14.8 Å². The fourth-order valence-corrected chi connectivity index (χ4v) is 2.46. The summed E-state index contributed by atoms with van der Waals surface area (Å²) < 4.78 is 11.2. The van der Waals surface area contributed by atoms with Gasteiger partial charge in [0, 0.05) is 31.2 Å². The summed E-state index contributed by atoms with van der Waals surface area (Å²) in [5.74, 6) is 1.01.